The van der Waals surface area contributed by atoms with Gasteiger partial charge in [-0.05, 0) is 36.8 Å². The van der Waals surface area contributed by atoms with Crippen molar-refractivity contribution in [3.63, 3.8) is 0 Å². The van der Waals surface area contributed by atoms with E-state index in [0.717, 1.165) is 9.87 Å². The summed E-state index contributed by atoms with van der Waals surface area (Å²) < 4.78 is 38.6. The second-order valence-corrected chi connectivity index (χ2v) is 9.46. The van der Waals surface area contributed by atoms with Gasteiger partial charge in [0.25, 0.3) is 10.0 Å². The van der Waals surface area contributed by atoms with Crippen LogP contribution in [0.3, 0.4) is 0 Å². The highest BCUT2D eigenvalue weighted by molar-refractivity contribution is 7.92. The number of sulfonamides is 1. The van der Waals surface area contributed by atoms with Crippen molar-refractivity contribution in [2.24, 2.45) is 0 Å². The number of methoxy groups -OCH3 is 2. The molecule has 8 nitrogen and oxygen atoms in total. The first-order valence-corrected chi connectivity index (χ1v) is 12.0. The van der Waals surface area contributed by atoms with E-state index >= 15 is 0 Å². The second kappa shape index (κ2) is 11.0. The Morgan fingerprint density at radius 3 is 2.24 bits per heavy atom. The summed E-state index contributed by atoms with van der Waals surface area (Å²) in [6.07, 6.45) is -0.916. The maximum atomic E-state index is 13.6. The molecule has 180 valence electrons. The Bertz CT molecular complexity index is 1210. The van der Waals surface area contributed by atoms with Crippen LogP contribution in [-0.2, 0) is 14.8 Å². The molecule has 3 aromatic rings. The normalized spacial score (nSPS) is 12.0. The van der Waals surface area contributed by atoms with Gasteiger partial charge < -0.3 is 19.9 Å². The number of carbonyl (C=O) groups is 1. The standard InChI is InChI=1S/C25H28N2O6S/c1-18-9-11-20(12-10-18)27(17-25(29)26-16-22(28)19-7-5-4-6-8-19)34(30,31)21-13-14-23(32-2)24(15-21)33-3/h4-15,22,28H,16-17H2,1-3H3,(H,26,29)/t22-/m0/s1. The van der Waals surface area contributed by atoms with Gasteiger partial charge in [0.15, 0.2) is 11.5 Å². The number of nitrogens with zero attached hydrogens (tertiary/aromatic N) is 1. The summed E-state index contributed by atoms with van der Waals surface area (Å²) in [7, 11) is -1.26. The third kappa shape index (κ3) is 5.86. The molecule has 0 saturated heterocycles. The molecule has 0 aliphatic heterocycles. The molecule has 0 radical (unpaired) electrons. The highest BCUT2D eigenvalue weighted by Gasteiger charge is 2.28. The van der Waals surface area contributed by atoms with E-state index in [0.29, 0.717) is 17.0 Å². The largest absolute Gasteiger partial charge is 0.493 e. The fourth-order valence-electron chi connectivity index (χ4n) is 3.32. The molecule has 0 aromatic heterocycles. The summed E-state index contributed by atoms with van der Waals surface area (Å²) in [6, 6.07) is 20.0. The molecular formula is C25H28N2O6S. The van der Waals surface area contributed by atoms with Gasteiger partial charge >= 0.3 is 0 Å². The van der Waals surface area contributed by atoms with Crippen LogP contribution in [0.2, 0.25) is 0 Å². The van der Waals surface area contributed by atoms with Crippen molar-refractivity contribution < 1.29 is 27.8 Å². The van der Waals surface area contributed by atoms with E-state index in [1.807, 2.05) is 13.0 Å². The third-order valence-electron chi connectivity index (χ3n) is 5.23. The van der Waals surface area contributed by atoms with Crippen LogP contribution in [0.25, 0.3) is 0 Å². The summed E-state index contributed by atoms with van der Waals surface area (Å²) in [5.41, 5.74) is 1.93. The lowest BCUT2D eigenvalue weighted by Gasteiger charge is -2.25. The maximum Gasteiger partial charge on any atom is 0.264 e. The number of benzene rings is 3. The molecule has 1 amide bonds. The van der Waals surface area contributed by atoms with Crippen molar-refractivity contribution in [3.05, 3.63) is 83.9 Å². The van der Waals surface area contributed by atoms with Gasteiger partial charge in [0, 0.05) is 12.6 Å². The lowest BCUT2D eigenvalue weighted by molar-refractivity contribution is -0.120. The number of amides is 1. The first-order valence-electron chi connectivity index (χ1n) is 10.6. The smallest absolute Gasteiger partial charge is 0.264 e. The number of hydrogen-bond acceptors (Lipinski definition) is 6. The molecule has 0 aliphatic rings. The Balaban J connectivity index is 1.87. The molecule has 1 atom stereocenters. The summed E-state index contributed by atoms with van der Waals surface area (Å²) in [5.74, 6) is 0.0819. The van der Waals surface area contributed by atoms with Crippen molar-refractivity contribution in [1.29, 1.82) is 0 Å². The van der Waals surface area contributed by atoms with Crippen LogP contribution in [0.4, 0.5) is 5.69 Å². The average molecular weight is 485 g/mol. The molecule has 0 heterocycles. The number of ether oxygens (including phenoxy) is 2. The van der Waals surface area contributed by atoms with Gasteiger partial charge in [-0.25, -0.2) is 8.42 Å². The van der Waals surface area contributed by atoms with Crippen LogP contribution in [-0.4, -0.2) is 46.7 Å². The summed E-state index contributed by atoms with van der Waals surface area (Å²) >= 11 is 0. The van der Waals surface area contributed by atoms with Crippen molar-refractivity contribution in [1.82, 2.24) is 5.32 Å². The first-order chi connectivity index (χ1) is 16.3. The molecule has 2 N–H and O–H groups in total. The number of aliphatic hydroxyl groups is 1. The first kappa shape index (κ1) is 25.1. The van der Waals surface area contributed by atoms with Crippen LogP contribution < -0.4 is 19.1 Å². The SMILES string of the molecule is COc1ccc(S(=O)(=O)N(CC(=O)NC[C@H](O)c2ccccc2)c2ccc(C)cc2)cc1OC. The van der Waals surface area contributed by atoms with Gasteiger partial charge in [0.2, 0.25) is 5.91 Å². The van der Waals surface area contributed by atoms with Crippen molar-refractivity contribution >= 4 is 21.6 Å². The third-order valence-corrected chi connectivity index (χ3v) is 7.00. The van der Waals surface area contributed by atoms with Gasteiger partial charge in [-0.1, -0.05) is 48.0 Å². The number of aryl methyl sites for hydroxylation is 1. The molecule has 0 unspecified atom stereocenters. The van der Waals surface area contributed by atoms with E-state index in [2.05, 4.69) is 5.32 Å². The lowest BCUT2D eigenvalue weighted by Crippen LogP contribution is -2.42. The molecule has 0 saturated carbocycles. The summed E-state index contributed by atoms with van der Waals surface area (Å²) in [5, 5.41) is 12.9. The number of hydrogen-bond donors (Lipinski definition) is 2. The molecule has 34 heavy (non-hydrogen) atoms. The van der Waals surface area contributed by atoms with Crippen LogP contribution >= 0.6 is 0 Å². The quantitative estimate of drug-likeness (QED) is 0.458. The van der Waals surface area contributed by atoms with Gasteiger partial charge in [-0.15, -0.1) is 0 Å². The van der Waals surface area contributed by atoms with E-state index in [1.165, 1.54) is 32.4 Å². The fraction of sp³-hybridized carbons (Fsp3) is 0.240. The second-order valence-electron chi connectivity index (χ2n) is 7.59. The topological polar surface area (TPSA) is 105 Å². The molecule has 0 aliphatic carbocycles. The zero-order valence-corrected chi connectivity index (χ0v) is 20.1. The molecule has 0 spiro atoms. The van der Waals surface area contributed by atoms with E-state index in [-0.39, 0.29) is 17.2 Å². The van der Waals surface area contributed by atoms with Gasteiger partial charge in [0.05, 0.1) is 30.9 Å². The summed E-state index contributed by atoms with van der Waals surface area (Å²) in [6.45, 7) is 1.36. The number of nitrogens with one attached hydrogen (secondary N) is 1. The van der Waals surface area contributed by atoms with Crippen LogP contribution in [0.15, 0.2) is 77.7 Å². The lowest BCUT2D eigenvalue weighted by atomic mass is 10.1. The van der Waals surface area contributed by atoms with Crippen LogP contribution in [0, 0.1) is 6.92 Å². The van der Waals surface area contributed by atoms with E-state index in [9.17, 15) is 18.3 Å². The Morgan fingerprint density at radius 1 is 0.971 bits per heavy atom. The molecule has 0 fully saturated rings. The Hall–Kier alpha value is -3.56. The molecule has 3 rings (SSSR count). The van der Waals surface area contributed by atoms with E-state index in [4.69, 9.17) is 9.47 Å². The Labute approximate surface area is 199 Å². The van der Waals surface area contributed by atoms with Gasteiger partial charge in [-0.2, -0.15) is 0 Å². The highest BCUT2D eigenvalue weighted by atomic mass is 32.2. The molecule has 0 bridgehead atoms. The number of anilines is 1. The van der Waals surface area contributed by atoms with Gasteiger partial charge in [0.1, 0.15) is 6.54 Å². The number of aliphatic hydroxyl groups excluding tert-OH is 1. The zero-order chi connectivity index (χ0) is 24.7. The van der Waals surface area contributed by atoms with E-state index < -0.39 is 28.6 Å². The number of rotatable bonds is 10. The zero-order valence-electron chi connectivity index (χ0n) is 19.3. The predicted molar refractivity (Wildman–Crippen MR) is 130 cm³/mol. The molecule has 3 aromatic carbocycles. The van der Waals surface area contributed by atoms with Crippen LogP contribution in [0.1, 0.15) is 17.2 Å². The van der Waals surface area contributed by atoms with E-state index in [1.54, 1.807) is 48.5 Å². The fourth-order valence-corrected chi connectivity index (χ4v) is 4.76. The van der Waals surface area contributed by atoms with Crippen molar-refractivity contribution in [3.8, 4) is 11.5 Å². The minimum atomic E-state index is -4.14. The Morgan fingerprint density at radius 2 is 1.62 bits per heavy atom. The van der Waals surface area contributed by atoms with Crippen molar-refractivity contribution in [2.45, 2.75) is 17.9 Å². The summed E-state index contributed by atoms with van der Waals surface area (Å²) in [4.78, 5) is 12.7. The monoisotopic (exact) mass is 484 g/mol. The average Bonchev–Trinajstić information content (AvgIpc) is 2.86. The van der Waals surface area contributed by atoms with Crippen LogP contribution in [0.5, 0.6) is 11.5 Å². The van der Waals surface area contributed by atoms with Gasteiger partial charge in [-0.3, -0.25) is 9.10 Å². The molecule has 9 heteroatoms. The predicted octanol–water partition coefficient (Wildman–Crippen LogP) is 3.06. The minimum absolute atomic E-state index is 0.0529. The Kier molecular flexibility index (Phi) is 8.14. The van der Waals surface area contributed by atoms with Crippen molar-refractivity contribution in [2.75, 3.05) is 31.6 Å². The molecular weight excluding hydrogens is 456 g/mol. The minimum Gasteiger partial charge on any atom is -0.493 e. The highest BCUT2D eigenvalue weighted by Crippen LogP contribution is 2.32. The maximum absolute atomic E-state index is 13.6. The number of carbonyl (C=O) groups excluding carboxylic acids is 1.